The molecule has 1 amide bonds. The Morgan fingerprint density at radius 1 is 1.20 bits per heavy atom. The number of para-hydroxylation sites is 1. The Balaban J connectivity index is 1.60. The number of hydrogen-bond acceptors (Lipinski definition) is 2. The predicted octanol–water partition coefficient (Wildman–Crippen LogP) is 4.24. The van der Waals surface area contributed by atoms with E-state index >= 15 is 0 Å². The third kappa shape index (κ3) is 4.67. The second kappa shape index (κ2) is 8.26. The smallest absolute Gasteiger partial charge is 0.228 e. The summed E-state index contributed by atoms with van der Waals surface area (Å²) in [6.45, 7) is 4.58. The molecule has 3 nitrogen and oxygen atoms in total. The number of piperidine rings is 1. The van der Waals surface area contributed by atoms with E-state index in [9.17, 15) is 9.18 Å². The lowest BCUT2D eigenvalue weighted by Gasteiger charge is -2.32. The molecule has 1 N–H and O–H groups in total. The highest BCUT2D eigenvalue weighted by atomic mass is 19.1. The predicted molar refractivity (Wildman–Crippen MR) is 98.9 cm³/mol. The maximum atomic E-state index is 13.0. The molecule has 0 bridgehead atoms. The molecule has 0 aliphatic carbocycles. The summed E-state index contributed by atoms with van der Waals surface area (Å²) in [6.07, 6.45) is 2.83. The van der Waals surface area contributed by atoms with Crippen LogP contribution in [-0.4, -0.2) is 23.9 Å². The monoisotopic (exact) mass is 340 g/mol. The molecule has 2 aromatic rings. The molecule has 0 aromatic heterocycles. The quantitative estimate of drug-likeness (QED) is 0.883. The fraction of sp³-hybridized carbons (Fsp3) is 0.381. The van der Waals surface area contributed by atoms with Crippen LogP contribution in [-0.2, 0) is 17.8 Å². The van der Waals surface area contributed by atoms with Crippen LogP contribution in [0, 0.1) is 11.7 Å². The Labute approximate surface area is 148 Å². The minimum absolute atomic E-state index is 0.000824. The van der Waals surface area contributed by atoms with Gasteiger partial charge in [-0.2, -0.15) is 0 Å². The highest BCUT2D eigenvalue weighted by Gasteiger charge is 2.26. The molecule has 0 saturated carbocycles. The summed E-state index contributed by atoms with van der Waals surface area (Å²) in [6, 6.07) is 14.6. The summed E-state index contributed by atoms with van der Waals surface area (Å²) in [5.41, 5.74) is 3.17. The minimum atomic E-state index is -0.214. The highest BCUT2D eigenvalue weighted by Crippen LogP contribution is 2.22. The van der Waals surface area contributed by atoms with Crippen LogP contribution in [0.1, 0.15) is 30.9 Å². The maximum Gasteiger partial charge on any atom is 0.228 e. The normalized spacial score (nSPS) is 18.1. The van der Waals surface area contributed by atoms with Gasteiger partial charge in [-0.1, -0.05) is 37.3 Å². The van der Waals surface area contributed by atoms with E-state index in [1.807, 2.05) is 30.3 Å². The summed E-state index contributed by atoms with van der Waals surface area (Å²) in [7, 11) is 0. The number of aryl methyl sites for hydroxylation is 1. The van der Waals surface area contributed by atoms with Crippen LogP contribution >= 0.6 is 0 Å². The number of nitrogens with one attached hydrogen (secondary N) is 1. The number of carbonyl (C=O) groups is 1. The van der Waals surface area contributed by atoms with E-state index in [1.165, 1.54) is 12.1 Å². The third-order valence-corrected chi connectivity index (χ3v) is 4.85. The zero-order chi connectivity index (χ0) is 17.6. The Morgan fingerprint density at radius 3 is 2.72 bits per heavy atom. The number of hydrogen-bond donors (Lipinski definition) is 1. The molecule has 1 saturated heterocycles. The molecule has 1 fully saturated rings. The number of halogens is 1. The van der Waals surface area contributed by atoms with Gasteiger partial charge in [0.05, 0.1) is 5.92 Å². The van der Waals surface area contributed by atoms with Crippen molar-refractivity contribution in [2.45, 2.75) is 32.7 Å². The van der Waals surface area contributed by atoms with Crippen molar-refractivity contribution in [2.75, 3.05) is 18.4 Å². The molecule has 3 rings (SSSR count). The lowest BCUT2D eigenvalue weighted by molar-refractivity contribution is -0.121. The average Bonchev–Trinajstić information content (AvgIpc) is 2.64. The summed E-state index contributed by atoms with van der Waals surface area (Å²) in [5.74, 6) is -0.113. The summed E-state index contributed by atoms with van der Waals surface area (Å²) in [4.78, 5) is 15.0. The second-order valence-electron chi connectivity index (χ2n) is 6.70. The van der Waals surface area contributed by atoms with E-state index in [-0.39, 0.29) is 17.6 Å². The van der Waals surface area contributed by atoms with Gasteiger partial charge < -0.3 is 5.32 Å². The summed E-state index contributed by atoms with van der Waals surface area (Å²) < 4.78 is 13.0. The standard InChI is InChI=1S/C21H25FN2O/c1-2-17-6-3-4-8-20(17)23-21(25)18-7-5-13-24(15-18)14-16-9-11-19(22)12-10-16/h3-4,6,8-12,18H,2,5,7,13-15H2,1H3,(H,23,25). The van der Waals surface area contributed by atoms with Gasteiger partial charge in [-0.05, 0) is 55.1 Å². The number of carbonyl (C=O) groups excluding carboxylic acids is 1. The van der Waals surface area contributed by atoms with Crippen molar-refractivity contribution < 1.29 is 9.18 Å². The molecule has 2 aromatic carbocycles. The number of nitrogens with zero attached hydrogens (tertiary/aromatic N) is 1. The van der Waals surface area contributed by atoms with Gasteiger partial charge in [0, 0.05) is 18.8 Å². The SMILES string of the molecule is CCc1ccccc1NC(=O)C1CCCN(Cc2ccc(F)cc2)C1. The molecule has 0 radical (unpaired) electrons. The van der Waals surface area contributed by atoms with E-state index in [0.29, 0.717) is 0 Å². The second-order valence-corrected chi connectivity index (χ2v) is 6.70. The van der Waals surface area contributed by atoms with Crippen molar-refractivity contribution in [3.05, 3.63) is 65.5 Å². The van der Waals surface area contributed by atoms with Crippen LogP contribution < -0.4 is 5.32 Å². The van der Waals surface area contributed by atoms with E-state index in [0.717, 1.165) is 55.7 Å². The van der Waals surface area contributed by atoms with Gasteiger partial charge in [-0.3, -0.25) is 9.69 Å². The first-order chi connectivity index (χ1) is 12.2. The van der Waals surface area contributed by atoms with Gasteiger partial charge >= 0.3 is 0 Å². The topological polar surface area (TPSA) is 32.3 Å². The molecule has 132 valence electrons. The van der Waals surface area contributed by atoms with Gasteiger partial charge in [-0.15, -0.1) is 0 Å². The molecule has 1 unspecified atom stereocenters. The molecule has 4 heteroatoms. The molecular weight excluding hydrogens is 315 g/mol. The van der Waals surface area contributed by atoms with Crippen molar-refractivity contribution in [1.82, 2.24) is 4.90 Å². The van der Waals surface area contributed by atoms with Crippen LogP contribution in [0.4, 0.5) is 10.1 Å². The largest absolute Gasteiger partial charge is 0.326 e. The first-order valence-electron chi connectivity index (χ1n) is 9.01. The van der Waals surface area contributed by atoms with Crippen molar-refractivity contribution in [2.24, 2.45) is 5.92 Å². The highest BCUT2D eigenvalue weighted by molar-refractivity contribution is 5.93. The Kier molecular flexibility index (Phi) is 5.82. The zero-order valence-corrected chi connectivity index (χ0v) is 14.7. The van der Waals surface area contributed by atoms with Crippen LogP contribution in [0.25, 0.3) is 0 Å². The van der Waals surface area contributed by atoms with E-state index in [2.05, 4.69) is 23.2 Å². The fourth-order valence-electron chi connectivity index (χ4n) is 3.45. The average molecular weight is 340 g/mol. The lowest BCUT2D eigenvalue weighted by atomic mass is 9.96. The van der Waals surface area contributed by atoms with E-state index in [1.54, 1.807) is 0 Å². The molecule has 1 aliphatic heterocycles. The molecule has 0 spiro atoms. The molecule has 25 heavy (non-hydrogen) atoms. The van der Waals surface area contributed by atoms with Gasteiger partial charge in [-0.25, -0.2) is 4.39 Å². The van der Waals surface area contributed by atoms with Crippen molar-refractivity contribution >= 4 is 11.6 Å². The summed E-state index contributed by atoms with van der Waals surface area (Å²) in [5, 5.41) is 3.11. The number of anilines is 1. The number of amides is 1. The van der Waals surface area contributed by atoms with Gasteiger partial charge in [0.1, 0.15) is 5.82 Å². The van der Waals surface area contributed by atoms with Crippen LogP contribution in [0.2, 0.25) is 0 Å². The molecular formula is C21H25FN2O. The first-order valence-corrected chi connectivity index (χ1v) is 9.01. The molecule has 1 aliphatic rings. The van der Waals surface area contributed by atoms with Crippen molar-refractivity contribution in [1.29, 1.82) is 0 Å². The van der Waals surface area contributed by atoms with E-state index < -0.39 is 0 Å². The fourth-order valence-corrected chi connectivity index (χ4v) is 3.45. The lowest BCUT2D eigenvalue weighted by Crippen LogP contribution is -2.40. The summed E-state index contributed by atoms with van der Waals surface area (Å²) >= 11 is 0. The van der Waals surface area contributed by atoms with Crippen molar-refractivity contribution in [3.63, 3.8) is 0 Å². The van der Waals surface area contributed by atoms with Gasteiger partial charge in [0.2, 0.25) is 5.91 Å². The van der Waals surface area contributed by atoms with Crippen LogP contribution in [0.15, 0.2) is 48.5 Å². The number of rotatable bonds is 5. The molecule has 1 atom stereocenters. The Hall–Kier alpha value is -2.20. The number of benzene rings is 2. The minimum Gasteiger partial charge on any atom is -0.326 e. The zero-order valence-electron chi connectivity index (χ0n) is 14.7. The van der Waals surface area contributed by atoms with Gasteiger partial charge in [0.25, 0.3) is 0 Å². The van der Waals surface area contributed by atoms with Crippen LogP contribution in [0.3, 0.4) is 0 Å². The maximum absolute atomic E-state index is 13.0. The first kappa shape index (κ1) is 17.6. The third-order valence-electron chi connectivity index (χ3n) is 4.85. The number of likely N-dealkylation sites (tertiary alicyclic amines) is 1. The molecule has 1 heterocycles. The van der Waals surface area contributed by atoms with E-state index in [4.69, 9.17) is 0 Å². The van der Waals surface area contributed by atoms with Crippen LogP contribution in [0.5, 0.6) is 0 Å². The Morgan fingerprint density at radius 2 is 1.96 bits per heavy atom. The van der Waals surface area contributed by atoms with Gasteiger partial charge in [0.15, 0.2) is 0 Å². The van der Waals surface area contributed by atoms with Crippen molar-refractivity contribution in [3.8, 4) is 0 Å². The Bertz CT molecular complexity index is 714.